The van der Waals surface area contributed by atoms with Crippen molar-refractivity contribution in [1.29, 1.82) is 0 Å². The van der Waals surface area contributed by atoms with E-state index in [0.29, 0.717) is 22.6 Å². The minimum absolute atomic E-state index is 0.117. The molecule has 1 N–H and O–H groups in total. The zero-order chi connectivity index (χ0) is 21.5. The van der Waals surface area contributed by atoms with Crippen molar-refractivity contribution in [2.75, 3.05) is 19.6 Å². The first-order valence-corrected chi connectivity index (χ1v) is 11.4. The Kier molecular flexibility index (Phi) is 8.43. The van der Waals surface area contributed by atoms with Crippen LogP contribution >= 0.6 is 23.2 Å². The van der Waals surface area contributed by atoms with Crippen LogP contribution in [0.1, 0.15) is 37.8 Å². The molecule has 1 heterocycles. The molecule has 0 bridgehead atoms. The predicted molar refractivity (Wildman–Crippen MR) is 123 cm³/mol. The lowest BCUT2D eigenvalue weighted by Gasteiger charge is -2.38. The highest BCUT2D eigenvalue weighted by molar-refractivity contribution is 6.34. The molecule has 30 heavy (non-hydrogen) atoms. The van der Waals surface area contributed by atoms with Crippen molar-refractivity contribution in [3.63, 3.8) is 0 Å². The van der Waals surface area contributed by atoms with Crippen molar-refractivity contribution in [3.05, 3.63) is 63.6 Å². The maximum Gasteiger partial charge on any atom is 0.225 e. The molecule has 1 aliphatic rings. The molecular formula is C24H30Cl2N2O2. The van der Waals surface area contributed by atoms with E-state index in [4.69, 9.17) is 27.9 Å². The van der Waals surface area contributed by atoms with Gasteiger partial charge in [0.15, 0.2) is 0 Å². The third-order valence-electron chi connectivity index (χ3n) is 5.71. The smallest absolute Gasteiger partial charge is 0.225 e. The average Bonchev–Trinajstić information content (AvgIpc) is 2.69. The number of nitrogens with zero attached hydrogens (tertiary/aromatic N) is 1. The SMILES string of the molecule is CCC(CC)CNC(=O)C1CN(Cc2ccc(OCc3cc(Cl)cc(Cl)c3)cc2)C1. The number of hydrogen-bond donors (Lipinski definition) is 1. The van der Waals surface area contributed by atoms with Crippen molar-refractivity contribution >= 4 is 29.1 Å². The van der Waals surface area contributed by atoms with E-state index in [1.165, 1.54) is 5.56 Å². The molecule has 1 aliphatic heterocycles. The largest absolute Gasteiger partial charge is 0.489 e. The summed E-state index contributed by atoms with van der Waals surface area (Å²) in [5.41, 5.74) is 2.15. The van der Waals surface area contributed by atoms with Crippen LogP contribution in [0.15, 0.2) is 42.5 Å². The predicted octanol–water partition coefficient (Wildman–Crippen LogP) is 5.56. The third-order valence-corrected chi connectivity index (χ3v) is 6.14. The Morgan fingerprint density at radius 3 is 2.30 bits per heavy atom. The molecule has 6 heteroatoms. The summed E-state index contributed by atoms with van der Waals surface area (Å²) in [5.74, 6) is 1.70. The number of ether oxygens (including phenoxy) is 1. The molecule has 3 rings (SSSR count). The average molecular weight is 449 g/mol. The fraction of sp³-hybridized carbons (Fsp3) is 0.458. The highest BCUT2D eigenvalue weighted by Crippen LogP contribution is 2.23. The van der Waals surface area contributed by atoms with Gasteiger partial charge in [-0.25, -0.2) is 0 Å². The Morgan fingerprint density at radius 2 is 1.70 bits per heavy atom. The third kappa shape index (κ3) is 6.63. The lowest BCUT2D eigenvalue weighted by atomic mass is 9.97. The number of halogens is 2. The van der Waals surface area contributed by atoms with E-state index < -0.39 is 0 Å². The number of hydrogen-bond acceptors (Lipinski definition) is 3. The first-order chi connectivity index (χ1) is 14.5. The molecular weight excluding hydrogens is 419 g/mol. The first kappa shape index (κ1) is 22.9. The van der Waals surface area contributed by atoms with Crippen LogP contribution in [0.5, 0.6) is 5.75 Å². The van der Waals surface area contributed by atoms with Gasteiger partial charge in [-0.05, 0) is 47.4 Å². The quantitative estimate of drug-likeness (QED) is 0.517. The van der Waals surface area contributed by atoms with E-state index in [1.807, 2.05) is 24.3 Å². The van der Waals surface area contributed by atoms with Crippen LogP contribution in [0.25, 0.3) is 0 Å². The van der Waals surface area contributed by atoms with Crippen molar-refractivity contribution < 1.29 is 9.53 Å². The van der Waals surface area contributed by atoms with Gasteiger partial charge in [-0.2, -0.15) is 0 Å². The molecule has 0 aliphatic carbocycles. The summed E-state index contributed by atoms with van der Waals surface area (Å²) in [6.07, 6.45) is 2.22. The summed E-state index contributed by atoms with van der Waals surface area (Å²) < 4.78 is 5.83. The lowest BCUT2D eigenvalue weighted by Crippen LogP contribution is -2.53. The monoisotopic (exact) mass is 448 g/mol. The molecule has 162 valence electrons. The molecule has 1 fully saturated rings. The van der Waals surface area contributed by atoms with Gasteiger partial charge < -0.3 is 10.1 Å². The van der Waals surface area contributed by atoms with Crippen molar-refractivity contribution in [3.8, 4) is 5.75 Å². The lowest BCUT2D eigenvalue weighted by molar-refractivity contribution is -0.130. The molecule has 1 amide bonds. The molecule has 2 aromatic rings. The van der Waals surface area contributed by atoms with Crippen LogP contribution in [0.2, 0.25) is 10.0 Å². The van der Waals surface area contributed by atoms with E-state index in [1.54, 1.807) is 6.07 Å². The second-order valence-electron chi connectivity index (χ2n) is 8.03. The summed E-state index contributed by atoms with van der Waals surface area (Å²) in [4.78, 5) is 14.6. The molecule has 0 atom stereocenters. The van der Waals surface area contributed by atoms with Gasteiger partial charge in [0, 0.05) is 36.2 Å². The number of carbonyl (C=O) groups is 1. The van der Waals surface area contributed by atoms with Crippen LogP contribution in [-0.2, 0) is 17.9 Å². The summed E-state index contributed by atoms with van der Waals surface area (Å²) in [6, 6.07) is 13.5. The summed E-state index contributed by atoms with van der Waals surface area (Å²) in [5, 5.41) is 4.32. The van der Waals surface area contributed by atoms with Gasteiger partial charge in [-0.1, -0.05) is 62.0 Å². The fourth-order valence-corrected chi connectivity index (χ4v) is 4.21. The number of amides is 1. The maximum atomic E-state index is 12.3. The number of benzene rings is 2. The normalized spacial score (nSPS) is 14.6. The summed E-state index contributed by atoms with van der Waals surface area (Å²) >= 11 is 12.1. The zero-order valence-corrected chi connectivity index (χ0v) is 19.2. The van der Waals surface area contributed by atoms with Crippen molar-refractivity contribution in [2.24, 2.45) is 11.8 Å². The van der Waals surface area contributed by atoms with E-state index in [0.717, 1.165) is 50.3 Å². The second-order valence-corrected chi connectivity index (χ2v) is 8.90. The van der Waals surface area contributed by atoms with Crippen LogP contribution in [0, 0.1) is 11.8 Å². The maximum absolute atomic E-state index is 12.3. The minimum Gasteiger partial charge on any atom is -0.489 e. The molecule has 1 saturated heterocycles. The number of carbonyl (C=O) groups excluding carboxylic acids is 1. The van der Waals surface area contributed by atoms with Crippen LogP contribution in [-0.4, -0.2) is 30.4 Å². The molecule has 2 aromatic carbocycles. The van der Waals surface area contributed by atoms with E-state index in [9.17, 15) is 4.79 Å². The number of likely N-dealkylation sites (tertiary alicyclic amines) is 1. The molecule has 0 spiro atoms. The van der Waals surface area contributed by atoms with Gasteiger partial charge in [-0.15, -0.1) is 0 Å². The Bertz CT molecular complexity index is 811. The molecule has 0 saturated carbocycles. The van der Waals surface area contributed by atoms with Gasteiger partial charge in [0.2, 0.25) is 5.91 Å². The topological polar surface area (TPSA) is 41.6 Å². The van der Waals surface area contributed by atoms with Gasteiger partial charge in [0.1, 0.15) is 12.4 Å². The summed E-state index contributed by atoms with van der Waals surface area (Å²) in [7, 11) is 0. The van der Waals surface area contributed by atoms with Gasteiger partial charge in [0.05, 0.1) is 5.92 Å². The Labute approximate surface area is 189 Å². The molecule has 0 radical (unpaired) electrons. The fourth-order valence-electron chi connectivity index (χ4n) is 3.64. The Morgan fingerprint density at radius 1 is 1.07 bits per heavy atom. The minimum atomic E-state index is 0.117. The zero-order valence-electron chi connectivity index (χ0n) is 17.7. The second kappa shape index (κ2) is 11.0. The van der Waals surface area contributed by atoms with Gasteiger partial charge in [-0.3, -0.25) is 9.69 Å². The molecule has 4 nitrogen and oxygen atoms in total. The van der Waals surface area contributed by atoms with E-state index in [-0.39, 0.29) is 11.8 Å². The van der Waals surface area contributed by atoms with Gasteiger partial charge in [0.25, 0.3) is 0 Å². The highest BCUT2D eigenvalue weighted by Gasteiger charge is 2.32. The number of rotatable bonds is 10. The molecule has 0 unspecified atom stereocenters. The van der Waals surface area contributed by atoms with Gasteiger partial charge >= 0.3 is 0 Å². The first-order valence-electron chi connectivity index (χ1n) is 10.6. The van der Waals surface area contributed by atoms with E-state index in [2.05, 4.69) is 36.2 Å². The van der Waals surface area contributed by atoms with Crippen molar-refractivity contribution in [1.82, 2.24) is 10.2 Å². The van der Waals surface area contributed by atoms with Crippen LogP contribution in [0.4, 0.5) is 0 Å². The number of nitrogens with one attached hydrogen (secondary N) is 1. The molecule has 0 aromatic heterocycles. The van der Waals surface area contributed by atoms with E-state index >= 15 is 0 Å². The van der Waals surface area contributed by atoms with Crippen molar-refractivity contribution in [2.45, 2.75) is 39.8 Å². The van der Waals surface area contributed by atoms with Crippen LogP contribution < -0.4 is 10.1 Å². The highest BCUT2D eigenvalue weighted by atomic mass is 35.5. The Hall–Kier alpha value is -1.75. The van der Waals surface area contributed by atoms with Crippen LogP contribution in [0.3, 0.4) is 0 Å². The standard InChI is InChI=1S/C24H30Cl2N2O2/c1-3-17(4-2)12-27-24(29)20-14-28(15-20)13-18-5-7-23(8-6-18)30-16-19-9-21(25)11-22(26)10-19/h5-11,17,20H,3-4,12-16H2,1-2H3,(H,27,29). The Balaban J connectivity index is 1.39. The summed E-state index contributed by atoms with van der Waals surface area (Å²) in [6.45, 7) is 8.05.